The smallest absolute Gasteiger partial charge is 0.338 e. The third-order valence-electron chi connectivity index (χ3n) is 4.89. The van der Waals surface area contributed by atoms with Crippen molar-refractivity contribution in [2.24, 2.45) is 0 Å². The molecule has 0 amide bonds. The summed E-state index contributed by atoms with van der Waals surface area (Å²) in [5, 5.41) is 0. The van der Waals surface area contributed by atoms with Gasteiger partial charge in [0.15, 0.2) is 0 Å². The Kier molecular flexibility index (Phi) is 5.25. The van der Waals surface area contributed by atoms with Crippen LogP contribution in [0.15, 0.2) is 70.0 Å². The van der Waals surface area contributed by atoms with Crippen molar-refractivity contribution in [1.29, 1.82) is 0 Å². The van der Waals surface area contributed by atoms with Crippen LogP contribution >= 0.6 is 0 Å². The van der Waals surface area contributed by atoms with E-state index >= 15 is 0 Å². The summed E-state index contributed by atoms with van der Waals surface area (Å²) in [6.07, 6.45) is 0.572. The van der Waals surface area contributed by atoms with Gasteiger partial charge in [-0.25, -0.2) is 13.2 Å². The lowest BCUT2D eigenvalue weighted by atomic mass is 10.1. The minimum absolute atomic E-state index is 0.0707. The van der Waals surface area contributed by atoms with Crippen molar-refractivity contribution in [2.45, 2.75) is 24.8 Å². The quantitative estimate of drug-likeness (QED) is 0.596. The fourth-order valence-electron chi connectivity index (χ4n) is 3.39. The zero-order chi connectivity index (χ0) is 20.4. The molecule has 2 aromatic carbocycles. The summed E-state index contributed by atoms with van der Waals surface area (Å²) in [6.45, 7) is 2.45. The standard InChI is InChI=1S/C22H21NO5S/c1-2-27-22(24)18-9-6-10-19(13-18)29(25,26)23-12-11-17-14-20(28-21(17)15-23)16-7-4-3-5-8-16/h3-10,13-14H,2,11-12,15H2,1H3. The number of furan rings is 1. The molecule has 1 aromatic heterocycles. The van der Waals surface area contributed by atoms with E-state index in [0.29, 0.717) is 18.7 Å². The number of hydrogen-bond acceptors (Lipinski definition) is 5. The van der Waals surface area contributed by atoms with Gasteiger partial charge in [0.1, 0.15) is 11.5 Å². The summed E-state index contributed by atoms with van der Waals surface area (Å²) in [5.41, 5.74) is 2.20. The molecule has 1 aliphatic rings. The first kappa shape index (κ1) is 19.4. The van der Waals surface area contributed by atoms with Crippen LogP contribution in [0.5, 0.6) is 0 Å². The molecule has 0 bridgehead atoms. The van der Waals surface area contributed by atoms with Crippen LogP contribution < -0.4 is 0 Å². The summed E-state index contributed by atoms with van der Waals surface area (Å²) in [7, 11) is -3.77. The van der Waals surface area contributed by atoms with Crippen molar-refractivity contribution in [3.8, 4) is 11.3 Å². The van der Waals surface area contributed by atoms with Crippen LogP contribution in [0.3, 0.4) is 0 Å². The predicted molar refractivity (Wildman–Crippen MR) is 108 cm³/mol. The highest BCUT2D eigenvalue weighted by atomic mass is 32.2. The van der Waals surface area contributed by atoms with Crippen LogP contribution in [-0.4, -0.2) is 31.8 Å². The van der Waals surface area contributed by atoms with Gasteiger partial charge in [-0.3, -0.25) is 0 Å². The molecule has 0 atom stereocenters. The monoisotopic (exact) mass is 411 g/mol. The van der Waals surface area contributed by atoms with Crippen LogP contribution in [0.4, 0.5) is 0 Å². The molecule has 6 nitrogen and oxygen atoms in total. The van der Waals surface area contributed by atoms with E-state index in [2.05, 4.69) is 0 Å². The van der Waals surface area contributed by atoms with Crippen LogP contribution in [0.25, 0.3) is 11.3 Å². The second-order valence-corrected chi connectivity index (χ2v) is 8.70. The lowest BCUT2D eigenvalue weighted by Crippen LogP contribution is -2.35. The Bertz CT molecular complexity index is 1140. The Hall–Kier alpha value is -2.90. The van der Waals surface area contributed by atoms with Gasteiger partial charge in [-0.1, -0.05) is 36.4 Å². The number of carbonyl (C=O) groups is 1. The van der Waals surface area contributed by atoms with Crippen molar-refractivity contribution in [3.63, 3.8) is 0 Å². The number of sulfonamides is 1. The van der Waals surface area contributed by atoms with E-state index in [1.165, 1.54) is 16.4 Å². The lowest BCUT2D eigenvalue weighted by molar-refractivity contribution is 0.0526. The van der Waals surface area contributed by atoms with Crippen molar-refractivity contribution in [1.82, 2.24) is 4.31 Å². The molecule has 29 heavy (non-hydrogen) atoms. The van der Waals surface area contributed by atoms with Crippen LogP contribution in [0.2, 0.25) is 0 Å². The van der Waals surface area contributed by atoms with E-state index in [1.54, 1.807) is 19.1 Å². The number of benzene rings is 2. The van der Waals surface area contributed by atoms with E-state index in [0.717, 1.165) is 16.9 Å². The highest BCUT2D eigenvalue weighted by Crippen LogP contribution is 2.31. The Labute approximate surface area is 169 Å². The van der Waals surface area contributed by atoms with Gasteiger partial charge in [0, 0.05) is 12.1 Å². The van der Waals surface area contributed by atoms with Crippen LogP contribution in [-0.2, 0) is 27.7 Å². The van der Waals surface area contributed by atoms with E-state index < -0.39 is 16.0 Å². The van der Waals surface area contributed by atoms with E-state index in [4.69, 9.17) is 9.15 Å². The molecule has 1 aliphatic heterocycles. The van der Waals surface area contributed by atoms with Gasteiger partial charge in [0.2, 0.25) is 10.0 Å². The first-order valence-corrected chi connectivity index (χ1v) is 10.9. The zero-order valence-electron chi connectivity index (χ0n) is 16.0. The molecule has 0 radical (unpaired) electrons. The molecule has 3 aromatic rings. The predicted octanol–water partition coefficient (Wildman–Crippen LogP) is 3.87. The molecule has 7 heteroatoms. The highest BCUT2D eigenvalue weighted by Gasteiger charge is 2.31. The number of hydrogen-bond donors (Lipinski definition) is 0. The number of carbonyl (C=O) groups excluding carboxylic acids is 1. The highest BCUT2D eigenvalue weighted by molar-refractivity contribution is 7.89. The van der Waals surface area contributed by atoms with Gasteiger partial charge in [-0.15, -0.1) is 0 Å². The maximum atomic E-state index is 13.1. The van der Waals surface area contributed by atoms with Gasteiger partial charge in [0.05, 0.1) is 23.6 Å². The van der Waals surface area contributed by atoms with Crippen molar-refractivity contribution < 1.29 is 22.4 Å². The van der Waals surface area contributed by atoms with Gasteiger partial charge in [-0.05, 0) is 43.2 Å². The average molecular weight is 411 g/mol. The summed E-state index contributed by atoms with van der Waals surface area (Å²) < 4.78 is 38.6. The molecule has 0 saturated heterocycles. The molecule has 150 valence electrons. The van der Waals surface area contributed by atoms with Gasteiger partial charge >= 0.3 is 5.97 Å². The number of rotatable bonds is 5. The average Bonchev–Trinajstić information content (AvgIpc) is 3.18. The third kappa shape index (κ3) is 3.83. The normalized spacial score (nSPS) is 14.4. The van der Waals surface area contributed by atoms with Crippen LogP contribution in [0, 0.1) is 0 Å². The van der Waals surface area contributed by atoms with Crippen molar-refractivity contribution in [3.05, 3.63) is 77.6 Å². The Morgan fingerprint density at radius 2 is 1.90 bits per heavy atom. The van der Waals surface area contributed by atoms with Crippen LogP contribution in [0.1, 0.15) is 28.6 Å². The number of nitrogens with zero attached hydrogens (tertiary/aromatic N) is 1. The Morgan fingerprint density at radius 1 is 1.10 bits per heavy atom. The maximum absolute atomic E-state index is 13.1. The van der Waals surface area contributed by atoms with Gasteiger partial charge < -0.3 is 9.15 Å². The lowest BCUT2D eigenvalue weighted by Gasteiger charge is -2.25. The summed E-state index contributed by atoms with van der Waals surface area (Å²) in [5.74, 6) is 0.850. The van der Waals surface area contributed by atoms with Gasteiger partial charge in [0.25, 0.3) is 0 Å². The maximum Gasteiger partial charge on any atom is 0.338 e. The summed E-state index contributed by atoms with van der Waals surface area (Å²) >= 11 is 0. The second kappa shape index (κ2) is 7.85. The van der Waals surface area contributed by atoms with E-state index in [-0.39, 0.29) is 23.6 Å². The number of esters is 1. The number of ether oxygens (including phenoxy) is 1. The fraction of sp³-hybridized carbons (Fsp3) is 0.227. The molecular weight excluding hydrogens is 390 g/mol. The summed E-state index contributed by atoms with van der Waals surface area (Å²) in [6, 6.07) is 17.7. The minimum Gasteiger partial charge on any atom is -0.462 e. The molecule has 0 unspecified atom stereocenters. The minimum atomic E-state index is -3.77. The molecule has 0 spiro atoms. The molecule has 4 rings (SSSR count). The van der Waals surface area contributed by atoms with Gasteiger partial charge in [-0.2, -0.15) is 4.31 Å². The Morgan fingerprint density at radius 3 is 2.66 bits per heavy atom. The second-order valence-electron chi connectivity index (χ2n) is 6.76. The Balaban J connectivity index is 1.60. The summed E-state index contributed by atoms with van der Waals surface area (Å²) in [4.78, 5) is 12.0. The molecule has 0 fully saturated rings. The molecule has 0 N–H and O–H groups in total. The van der Waals surface area contributed by atoms with E-state index in [1.807, 2.05) is 36.4 Å². The molecule has 0 aliphatic carbocycles. The fourth-order valence-corrected chi connectivity index (χ4v) is 4.84. The molecule has 0 saturated carbocycles. The zero-order valence-corrected chi connectivity index (χ0v) is 16.8. The van der Waals surface area contributed by atoms with E-state index in [9.17, 15) is 13.2 Å². The number of fused-ring (bicyclic) bond motifs is 1. The first-order chi connectivity index (χ1) is 14.0. The largest absolute Gasteiger partial charge is 0.462 e. The topological polar surface area (TPSA) is 76.8 Å². The third-order valence-corrected chi connectivity index (χ3v) is 6.73. The van der Waals surface area contributed by atoms with Crippen molar-refractivity contribution in [2.75, 3.05) is 13.2 Å². The van der Waals surface area contributed by atoms with Crippen molar-refractivity contribution >= 4 is 16.0 Å². The molecule has 2 heterocycles. The SMILES string of the molecule is CCOC(=O)c1cccc(S(=O)(=O)N2CCc3cc(-c4ccccc4)oc3C2)c1. The molecular formula is C22H21NO5S. The first-order valence-electron chi connectivity index (χ1n) is 9.43.